The Morgan fingerprint density at radius 2 is 2.70 bits per heavy atom. The molecule has 1 aliphatic carbocycles. The summed E-state index contributed by atoms with van der Waals surface area (Å²) in [6.45, 7) is 2.21. The number of nitrogens with zero attached hydrogens (tertiary/aromatic N) is 1. The number of rotatable bonds is 0. The smallest absolute Gasteiger partial charge is 0.0607 e. The van der Waals surface area contributed by atoms with E-state index in [-0.39, 0.29) is 1.43 Å². The van der Waals surface area contributed by atoms with Crippen molar-refractivity contribution in [1.82, 2.24) is 10.2 Å². The van der Waals surface area contributed by atoms with E-state index in [0.29, 0.717) is 5.92 Å². The Morgan fingerprint density at radius 3 is 3.60 bits per heavy atom. The minimum Gasteiger partial charge on any atom is -0.278 e. The van der Waals surface area contributed by atoms with Gasteiger partial charge in [-0.2, -0.15) is 5.10 Å². The molecule has 0 bridgehead atoms. The van der Waals surface area contributed by atoms with E-state index in [1.807, 2.05) is 6.20 Å². The van der Waals surface area contributed by atoms with Crippen molar-refractivity contribution >= 4 is 12.2 Å². The summed E-state index contributed by atoms with van der Waals surface area (Å²) in [5, 5.41) is 9.32. The fraction of sp³-hybridized carbons (Fsp3) is 0.375. The van der Waals surface area contributed by atoms with Crippen molar-refractivity contribution in [3.63, 3.8) is 0 Å². The fourth-order valence-electron chi connectivity index (χ4n) is 1.28. The predicted octanol–water partition coefficient (Wildman–Crippen LogP) is 0.256. The molecule has 0 amide bonds. The Labute approximate surface area is 60.8 Å². The summed E-state index contributed by atoms with van der Waals surface area (Å²) < 4.78 is 0. The summed E-state index contributed by atoms with van der Waals surface area (Å²) >= 11 is 0. The first kappa shape index (κ1) is 5.71. The first-order valence-electron chi connectivity index (χ1n) is 3.58. The summed E-state index contributed by atoms with van der Waals surface area (Å²) in [6.07, 6.45) is 7.46. The molecule has 0 fully saturated rings. The second kappa shape index (κ2) is 1.97. The largest absolute Gasteiger partial charge is 0.278 e. The molecule has 2 heteroatoms. The first-order chi connectivity index (χ1) is 4.86. The Kier molecular flexibility index (Phi) is 1.13. The molecule has 1 aliphatic rings. The van der Waals surface area contributed by atoms with Crippen molar-refractivity contribution in [2.45, 2.75) is 13.3 Å². The SMILES string of the molecule is CC1C=c2cn[nH]c2=CC1.[HH]. The van der Waals surface area contributed by atoms with E-state index in [1.165, 1.54) is 10.6 Å². The highest BCUT2D eigenvalue weighted by atomic mass is 15.1. The standard InChI is InChI=1S/C8H10N2.H2/c1-6-2-3-8-7(4-6)5-9-10-8;/h3-6,10H,2H2,1H3;1H. The monoisotopic (exact) mass is 136 g/mol. The van der Waals surface area contributed by atoms with Crippen LogP contribution in [0.2, 0.25) is 0 Å². The van der Waals surface area contributed by atoms with Crippen molar-refractivity contribution in [3.8, 4) is 0 Å². The number of nitrogens with one attached hydrogen (secondary N) is 1. The molecule has 0 radical (unpaired) electrons. The van der Waals surface area contributed by atoms with Gasteiger partial charge in [0.25, 0.3) is 0 Å². The van der Waals surface area contributed by atoms with Crippen molar-refractivity contribution in [2.75, 3.05) is 0 Å². The molecule has 1 heterocycles. The molecule has 54 valence electrons. The number of fused-ring (bicyclic) bond motifs is 1. The molecule has 0 aliphatic heterocycles. The van der Waals surface area contributed by atoms with E-state index in [0.717, 1.165) is 6.42 Å². The Bertz CT molecular complexity index is 339. The van der Waals surface area contributed by atoms with Crippen LogP contribution in [0.1, 0.15) is 14.8 Å². The molecule has 2 rings (SSSR count). The Morgan fingerprint density at radius 1 is 1.80 bits per heavy atom. The predicted molar refractivity (Wildman–Crippen MR) is 42.7 cm³/mol. The lowest BCUT2D eigenvalue weighted by Gasteiger charge is -2.02. The van der Waals surface area contributed by atoms with Gasteiger partial charge in [0.2, 0.25) is 0 Å². The van der Waals surface area contributed by atoms with Gasteiger partial charge in [-0.3, -0.25) is 5.10 Å². The first-order valence-corrected chi connectivity index (χ1v) is 3.58. The van der Waals surface area contributed by atoms with Gasteiger partial charge in [0.1, 0.15) is 0 Å². The third-order valence-corrected chi connectivity index (χ3v) is 1.86. The third kappa shape index (κ3) is 0.764. The Balaban J connectivity index is 0.000000605. The highest BCUT2D eigenvalue weighted by Gasteiger charge is 2.00. The molecule has 10 heavy (non-hydrogen) atoms. The van der Waals surface area contributed by atoms with Gasteiger partial charge in [-0.05, 0) is 12.3 Å². The van der Waals surface area contributed by atoms with Gasteiger partial charge >= 0.3 is 0 Å². The number of aromatic nitrogens is 2. The van der Waals surface area contributed by atoms with Crippen LogP contribution in [0, 0.1) is 5.92 Å². The molecular formula is C8H12N2. The lowest BCUT2D eigenvalue weighted by molar-refractivity contribution is 0.798. The summed E-state index contributed by atoms with van der Waals surface area (Å²) in [5.74, 6) is 0.671. The van der Waals surface area contributed by atoms with Gasteiger partial charge in [0.15, 0.2) is 0 Å². The minimum absolute atomic E-state index is 0. The van der Waals surface area contributed by atoms with Crippen LogP contribution in [0.15, 0.2) is 6.20 Å². The number of hydrogen-bond acceptors (Lipinski definition) is 1. The van der Waals surface area contributed by atoms with Gasteiger partial charge in [-0.25, -0.2) is 0 Å². The van der Waals surface area contributed by atoms with E-state index in [1.54, 1.807) is 0 Å². The van der Waals surface area contributed by atoms with Crippen LogP contribution in [-0.4, -0.2) is 10.2 Å². The zero-order valence-corrected chi connectivity index (χ0v) is 5.96. The molecular weight excluding hydrogens is 124 g/mol. The molecule has 0 saturated carbocycles. The molecule has 0 spiro atoms. The lowest BCUT2D eigenvalue weighted by atomic mass is 10.0. The molecule has 1 unspecified atom stereocenters. The van der Waals surface area contributed by atoms with Crippen molar-refractivity contribution in [2.24, 2.45) is 5.92 Å². The zero-order chi connectivity index (χ0) is 6.97. The quantitative estimate of drug-likeness (QED) is 0.544. The lowest BCUT2D eigenvalue weighted by Crippen LogP contribution is -2.26. The second-order valence-electron chi connectivity index (χ2n) is 2.82. The maximum atomic E-state index is 3.95. The van der Waals surface area contributed by atoms with Crippen LogP contribution in [0.5, 0.6) is 0 Å². The third-order valence-electron chi connectivity index (χ3n) is 1.86. The maximum absolute atomic E-state index is 3.95. The van der Waals surface area contributed by atoms with E-state index >= 15 is 0 Å². The van der Waals surface area contributed by atoms with Crippen LogP contribution in [0.4, 0.5) is 0 Å². The average molecular weight is 136 g/mol. The topological polar surface area (TPSA) is 28.7 Å². The van der Waals surface area contributed by atoms with Crippen molar-refractivity contribution in [3.05, 3.63) is 16.8 Å². The van der Waals surface area contributed by atoms with Crippen LogP contribution < -0.4 is 10.6 Å². The highest BCUT2D eigenvalue weighted by Crippen LogP contribution is 2.04. The van der Waals surface area contributed by atoms with Gasteiger partial charge in [0.05, 0.1) is 11.5 Å². The van der Waals surface area contributed by atoms with Gasteiger partial charge in [-0.1, -0.05) is 19.1 Å². The van der Waals surface area contributed by atoms with Gasteiger partial charge in [0, 0.05) is 6.65 Å². The molecule has 2 nitrogen and oxygen atoms in total. The molecule has 1 atom stereocenters. The van der Waals surface area contributed by atoms with E-state index < -0.39 is 0 Å². The van der Waals surface area contributed by atoms with Crippen LogP contribution >= 0.6 is 0 Å². The van der Waals surface area contributed by atoms with E-state index in [2.05, 4.69) is 29.3 Å². The highest BCUT2D eigenvalue weighted by molar-refractivity contribution is 5.36. The molecule has 1 aromatic heterocycles. The number of H-pyrrole nitrogens is 1. The van der Waals surface area contributed by atoms with Crippen LogP contribution in [0.25, 0.3) is 12.2 Å². The average Bonchev–Trinajstić information content (AvgIpc) is 2.33. The summed E-state index contributed by atoms with van der Waals surface area (Å²) in [5.41, 5.74) is 0. The number of aromatic amines is 1. The van der Waals surface area contributed by atoms with Crippen molar-refractivity contribution in [1.29, 1.82) is 0 Å². The molecule has 1 aromatic rings. The molecule has 0 saturated heterocycles. The Hall–Kier alpha value is -1.05. The summed E-state index contributed by atoms with van der Waals surface area (Å²) in [4.78, 5) is 0. The maximum Gasteiger partial charge on any atom is 0.0607 e. The summed E-state index contributed by atoms with van der Waals surface area (Å²) in [6, 6.07) is 0. The zero-order valence-electron chi connectivity index (χ0n) is 5.96. The number of hydrogen-bond donors (Lipinski definition) is 1. The molecule has 1 N–H and O–H groups in total. The molecule has 0 aromatic carbocycles. The fourth-order valence-corrected chi connectivity index (χ4v) is 1.28. The summed E-state index contributed by atoms with van der Waals surface area (Å²) in [7, 11) is 0. The van der Waals surface area contributed by atoms with Gasteiger partial charge in [-0.15, -0.1) is 0 Å². The van der Waals surface area contributed by atoms with E-state index in [9.17, 15) is 0 Å². The van der Waals surface area contributed by atoms with Crippen LogP contribution in [-0.2, 0) is 0 Å². The van der Waals surface area contributed by atoms with Crippen LogP contribution in [0.3, 0.4) is 0 Å². The minimum atomic E-state index is 0. The van der Waals surface area contributed by atoms with Gasteiger partial charge < -0.3 is 0 Å². The second-order valence-corrected chi connectivity index (χ2v) is 2.82. The normalized spacial score (nSPS) is 22.7. The van der Waals surface area contributed by atoms with Crippen molar-refractivity contribution < 1.29 is 1.43 Å². The van der Waals surface area contributed by atoms with E-state index in [4.69, 9.17) is 0 Å².